The van der Waals surface area contributed by atoms with E-state index < -0.39 is 0 Å². The number of H-pyrrole nitrogens is 2. The van der Waals surface area contributed by atoms with Gasteiger partial charge in [0.05, 0.1) is 23.7 Å². The lowest BCUT2D eigenvalue weighted by Crippen LogP contribution is -2.23. The van der Waals surface area contributed by atoms with Crippen LogP contribution in [0.2, 0.25) is 0 Å². The summed E-state index contributed by atoms with van der Waals surface area (Å²) in [6.07, 6.45) is 0. The molecule has 3 aromatic rings. The predicted molar refractivity (Wildman–Crippen MR) is 83.1 cm³/mol. The molecule has 0 aliphatic heterocycles. The molecule has 1 aromatic heterocycles. The van der Waals surface area contributed by atoms with E-state index >= 15 is 0 Å². The zero-order valence-corrected chi connectivity index (χ0v) is 12.0. The highest BCUT2D eigenvalue weighted by Gasteiger charge is 2.11. The summed E-state index contributed by atoms with van der Waals surface area (Å²) in [6.45, 7) is 0.397. The molecule has 0 atom stereocenters. The number of carbonyl (C=O) groups excluding carboxylic acids is 1. The van der Waals surface area contributed by atoms with E-state index in [2.05, 4.69) is 15.3 Å². The van der Waals surface area contributed by atoms with Gasteiger partial charge in [-0.2, -0.15) is 0 Å². The molecule has 6 nitrogen and oxygen atoms in total. The van der Waals surface area contributed by atoms with E-state index in [-0.39, 0.29) is 11.6 Å². The molecule has 0 saturated carbocycles. The lowest BCUT2D eigenvalue weighted by Gasteiger charge is -2.07. The van der Waals surface area contributed by atoms with Crippen LogP contribution in [0.25, 0.3) is 11.0 Å². The molecule has 1 heterocycles. The summed E-state index contributed by atoms with van der Waals surface area (Å²) in [7, 11) is 1.61. The Balaban J connectivity index is 1.77. The van der Waals surface area contributed by atoms with Crippen molar-refractivity contribution in [1.29, 1.82) is 0 Å². The number of rotatable bonds is 4. The van der Waals surface area contributed by atoms with Gasteiger partial charge in [-0.25, -0.2) is 4.79 Å². The maximum Gasteiger partial charge on any atom is 0.323 e. The van der Waals surface area contributed by atoms with Gasteiger partial charge in [-0.3, -0.25) is 4.79 Å². The molecule has 6 heteroatoms. The number of amides is 1. The van der Waals surface area contributed by atoms with Crippen LogP contribution < -0.4 is 15.7 Å². The number of aromatic amines is 2. The van der Waals surface area contributed by atoms with Gasteiger partial charge in [-0.1, -0.05) is 18.2 Å². The van der Waals surface area contributed by atoms with E-state index in [9.17, 15) is 9.59 Å². The van der Waals surface area contributed by atoms with Gasteiger partial charge >= 0.3 is 5.69 Å². The monoisotopic (exact) mass is 297 g/mol. The van der Waals surface area contributed by atoms with Crippen molar-refractivity contribution in [3.8, 4) is 5.75 Å². The van der Waals surface area contributed by atoms with E-state index in [0.717, 1.165) is 11.3 Å². The zero-order valence-electron chi connectivity index (χ0n) is 12.0. The SMILES string of the molecule is COc1ccc(CNC(=O)c2cccc3[nH]c(=O)[nH]c23)cc1. The van der Waals surface area contributed by atoms with E-state index in [4.69, 9.17) is 4.74 Å². The van der Waals surface area contributed by atoms with Gasteiger partial charge in [-0.15, -0.1) is 0 Å². The van der Waals surface area contributed by atoms with Crippen molar-refractivity contribution in [1.82, 2.24) is 15.3 Å². The Kier molecular flexibility index (Phi) is 3.65. The molecule has 0 saturated heterocycles. The highest BCUT2D eigenvalue weighted by Crippen LogP contribution is 2.14. The van der Waals surface area contributed by atoms with Crippen molar-refractivity contribution in [2.24, 2.45) is 0 Å². The minimum atomic E-state index is -0.328. The van der Waals surface area contributed by atoms with Crippen molar-refractivity contribution in [2.45, 2.75) is 6.54 Å². The van der Waals surface area contributed by atoms with Gasteiger partial charge in [0.2, 0.25) is 0 Å². The molecule has 22 heavy (non-hydrogen) atoms. The standard InChI is InChI=1S/C16H15N3O3/c1-22-11-7-5-10(6-8-11)9-17-15(20)12-3-2-4-13-14(12)19-16(21)18-13/h2-8H,9H2,1H3,(H,17,20)(H2,18,19,21). The third kappa shape index (κ3) is 2.71. The number of benzene rings is 2. The molecule has 0 radical (unpaired) electrons. The molecule has 0 bridgehead atoms. The first-order valence-corrected chi connectivity index (χ1v) is 6.79. The number of hydrogen-bond donors (Lipinski definition) is 3. The Hall–Kier alpha value is -3.02. The van der Waals surface area contributed by atoms with Gasteiger partial charge in [0.1, 0.15) is 5.75 Å². The number of aromatic nitrogens is 2. The summed E-state index contributed by atoms with van der Waals surface area (Å²) >= 11 is 0. The molecule has 112 valence electrons. The summed E-state index contributed by atoms with van der Waals surface area (Å²) in [5, 5.41) is 2.84. The fraction of sp³-hybridized carbons (Fsp3) is 0.125. The van der Waals surface area contributed by atoms with Crippen LogP contribution in [-0.4, -0.2) is 23.0 Å². The van der Waals surface area contributed by atoms with E-state index in [1.807, 2.05) is 24.3 Å². The molecule has 1 amide bonds. The molecule has 2 aromatic carbocycles. The number of imidazole rings is 1. The van der Waals surface area contributed by atoms with Crippen LogP contribution in [0, 0.1) is 0 Å². The Morgan fingerprint density at radius 1 is 1.14 bits per heavy atom. The minimum Gasteiger partial charge on any atom is -0.497 e. The Morgan fingerprint density at radius 2 is 1.91 bits per heavy atom. The number of hydrogen-bond acceptors (Lipinski definition) is 3. The Bertz CT molecular complexity index is 862. The zero-order chi connectivity index (χ0) is 15.5. The second-order valence-corrected chi connectivity index (χ2v) is 4.84. The highest BCUT2D eigenvalue weighted by atomic mass is 16.5. The topological polar surface area (TPSA) is 87.0 Å². The van der Waals surface area contributed by atoms with Crippen LogP contribution in [0.1, 0.15) is 15.9 Å². The number of carbonyl (C=O) groups is 1. The number of methoxy groups -OCH3 is 1. The van der Waals surface area contributed by atoms with Crippen molar-refractivity contribution in [2.75, 3.05) is 7.11 Å². The largest absolute Gasteiger partial charge is 0.497 e. The third-order valence-corrected chi connectivity index (χ3v) is 3.41. The number of nitrogens with one attached hydrogen (secondary N) is 3. The minimum absolute atomic E-state index is 0.239. The van der Waals surface area contributed by atoms with Gasteiger partial charge in [-0.05, 0) is 29.8 Å². The van der Waals surface area contributed by atoms with Gasteiger partial charge in [0.15, 0.2) is 0 Å². The number of fused-ring (bicyclic) bond motifs is 1. The van der Waals surface area contributed by atoms with Gasteiger partial charge in [0.25, 0.3) is 5.91 Å². The Labute approximate surface area is 126 Å². The van der Waals surface area contributed by atoms with E-state index in [1.54, 1.807) is 25.3 Å². The first-order chi connectivity index (χ1) is 10.7. The Morgan fingerprint density at radius 3 is 2.64 bits per heavy atom. The molecule has 0 aliphatic carbocycles. The number of para-hydroxylation sites is 1. The number of ether oxygens (including phenoxy) is 1. The van der Waals surface area contributed by atoms with Gasteiger partial charge < -0.3 is 20.0 Å². The first-order valence-electron chi connectivity index (χ1n) is 6.79. The molecular weight excluding hydrogens is 282 g/mol. The van der Waals surface area contributed by atoms with Crippen molar-refractivity contribution < 1.29 is 9.53 Å². The lowest BCUT2D eigenvalue weighted by atomic mass is 10.1. The normalized spacial score (nSPS) is 10.6. The average molecular weight is 297 g/mol. The molecular formula is C16H15N3O3. The van der Waals surface area contributed by atoms with Crippen LogP contribution in [0.15, 0.2) is 47.3 Å². The summed E-state index contributed by atoms with van der Waals surface area (Å²) in [5.41, 5.74) is 2.19. The molecule has 0 aliphatic rings. The second kappa shape index (κ2) is 5.77. The molecule has 0 unspecified atom stereocenters. The van der Waals surface area contributed by atoms with E-state index in [0.29, 0.717) is 23.1 Å². The quantitative estimate of drug-likeness (QED) is 0.686. The van der Waals surface area contributed by atoms with Crippen LogP contribution >= 0.6 is 0 Å². The predicted octanol–water partition coefficient (Wildman–Crippen LogP) is 1.79. The average Bonchev–Trinajstić information content (AvgIpc) is 2.93. The second-order valence-electron chi connectivity index (χ2n) is 4.84. The summed E-state index contributed by atoms with van der Waals surface area (Å²) in [4.78, 5) is 28.9. The summed E-state index contributed by atoms with van der Waals surface area (Å²) in [6, 6.07) is 12.6. The van der Waals surface area contributed by atoms with E-state index in [1.165, 1.54) is 0 Å². The molecule has 3 rings (SSSR count). The lowest BCUT2D eigenvalue weighted by molar-refractivity contribution is 0.0952. The van der Waals surface area contributed by atoms with Crippen molar-refractivity contribution >= 4 is 16.9 Å². The molecule has 0 fully saturated rings. The third-order valence-electron chi connectivity index (χ3n) is 3.41. The van der Waals surface area contributed by atoms with Crippen molar-refractivity contribution in [3.05, 3.63) is 64.1 Å². The molecule has 3 N–H and O–H groups in total. The maximum absolute atomic E-state index is 12.3. The highest BCUT2D eigenvalue weighted by molar-refractivity contribution is 6.04. The van der Waals surface area contributed by atoms with Crippen LogP contribution in [-0.2, 0) is 6.54 Å². The molecule has 0 spiro atoms. The van der Waals surface area contributed by atoms with Crippen molar-refractivity contribution in [3.63, 3.8) is 0 Å². The van der Waals surface area contributed by atoms with Crippen LogP contribution in [0.3, 0.4) is 0 Å². The van der Waals surface area contributed by atoms with Crippen LogP contribution in [0.5, 0.6) is 5.75 Å². The summed E-state index contributed by atoms with van der Waals surface area (Å²) in [5.74, 6) is 0.529. The fourth-order valence-corrected chi connectivity index (χ4v) is 2.27. The fourth-order valence-electron chi connectivity index (χ4n) is 2.27. The van der Waals surface area contributed by atoms with Crippen LogP contribution in [0.4, 0.5) is 0 Å². The first kappa shape index (κ1) is 13.9. The maximum atomic E-state index is 12.3. The smallest absolute Gasteiger partial charge is 0.323 e. The summed E-state index contributed by atoms with van der Waals surface area (Å²) < 4.78 is 5.09. The van der Waals surface area contributed by atoms with Gasteiger partial charge in [0, 0.05) is 6.54 Å².